The second kappa shape index (κ2) is 4.63. The maximum absolute atomic E-state index is 6.23. The van der Waals surface area contributed by atoms with Crippen LogP contribution in [0.4, 0.5) is 5.69 Å². The van der Waals surface area contributed by atoms with E-state index in [2.05, 4.69) is 10.3 Å². The van der Waals surface area contributed by atoms with Gasteiger partial charge in [-0.05, 0) is 24.3 Å². The summed E-state index contributed by atoms with van der Waals surface area (Å²) < 4.78 is 0. The van der Waals surface area contributed by atoms with Crippen molar-refractivity contribution in [3.05, 3.63) is 63.6 Å². The first-order valence-electron chi connectivity index (χ1n) is 5.59. The van der Waals surface area contributed by atoms with E-state index in [0.29, 0.717) is 16.7 Å². The predicted octanol–water partition coefficient (Wildman–Crippen LogP) is 4.21. The average molecular weight is 277 g/mol. The van der Waals surface area contributed by atoms with E-state index in [1.54, 1.807) is 0 Å². The molecule has 0 saturated carbocycles. The Kier molecular flexibility index (Phi) is 2.98. The Labute approximate surface area is 115 Å². The SMILES string of the molecule is Clc1ccc2c(c1)C(c1ccccc1Cl)=NCN2. The third-order valence-electron chi connectivity index (χ3n) is 2.87. The molecule has 2 nitrogen and oxygen atoms in total. The van der Waals surface area contributed by atoms with Crippen molar-refractivity contribution in [3.63, 3.8) is 0 Å². The number of halogens is 2. The van der Waals surface area contributed by atoms with E-state index in [1.165, 1.54) is 0 Å². The monoisotopic (exact) mass is 276 g/mol. The van der Waals surface area contributed by atoms with Crippen molar-refractivity contribution in [1.29, 1.82) is 0 Å². The van der Waals surface area contributed by atoms with Gasteiger partial charge < -0.3 is 5.32 Å². The second-order valence-electron chi connectivity index (χ2n) is 4.01. The fraction of sp³-hybridized carbons (Fsp3) is 0.0714. The van der Waals surface area contributed by atoms with Gasteiger partial charge in [-0.1, -0.05) is 41.4 Å². The molecule has 1 heterocycles. The lowest BCUT2D eigenvalue weighted by Gasteiger charge is -2.19. The third-order valence-corrected chi connectivity index (χ3v) is 3.44. The normalized spacial score (nSPS) is 13.6. The molecule has 1 aliphatic heterocycles. The number of nitrogens with one attached hydrogen (secondary N) is 1. The molecule has 0 aliphatic carbocycles. The van der Waals surface area contributed by atoms with Crippen LogP contribution >= 0.6 is 23.2 Å². The van der Waals surface area contributed by atoms with Crippen molar-refractivity contribution in [3.8, 4) is 0 Å². The molecule has 0 amide bonds. The first-order chi connectivity index (χ1) is 8.75. The van der Waals surface area contributed by atoms with Crippen LogP contribution < -0.4 is 5.32 Å². The zero-order valence-corrected chi connectivity index (χ0v) is 11.0. The van der Waals surface area contributed by atoms with Crippen molar-refractivity contribution in [2.45, 2.75) is 0 Å². The molecule has 0 fully saturated rings. The van der Waals surface area contributed by atoms with Gasteiger partial charge in [0.15, 0.2) is 0 Å². The number of anilines is 1. The van der Waals surface area contributed by atoms with Crippen molar-refractivity contribution in [2.24, 2.45) is 4.99 Å². The highest BCUT2D eigenvalue weighted by molar-refractivity contribution is 6.36. The summed E-state index contributed by atoms with van der Waals surface area (Å²) >= 11 is 12.3. The number of nitrogens with zero attached hydrogens (tertiary/aromatic N) is 1. The Morgan fingerprint density at radius 1 is 1.00 bits per heavy atom. The minimum absolute atomic E-state index is 0.551. The number of rotatable bonds is 1. The summed E-state index contributed by atoms with van der Waals surface area (Å²) in [5.41, 5.74) is 3.84. The molecule has 2 aromatic carbocycles. The number of hydrogen-bond donors (Lipinski definition) is 1. The fourth-order valence-corrected chi connectivity index (χ4v) is 2.44. The number of fused-ring (bicyclic) bond motifs is 1. The molecule has 1 N–H and O–H groups in total. The molecule has 90 valence electrons. The van der Waals surface area contributed by atoms with E-state index in [9.17, 15) is 0 Å². The highest BCUT2D eigenvalue weighted by Crippen LogP contribution is 2.29. The molecular formula is C14H10Cl2N2. The largest absolute Gasteiger partial charge is 0.366 e. The zero-order chi connectivity index (χ0) is 12.5. The van der Waals surface area contributed by atoms with Crippen LogP contribution in [0, 0.1) is 0 Å². The molecule has 4 heteroatoms. The standard InChI is InChI=1S/C14H10Cl2N2/c15-9-5-6-13-11(7-9)14(18-8-17-13)10-3-1-2-4-12(10)16/h1-7,17H,8H2. The van der Waals surface area contributed by atoms with Gasteiger partial charge in [-0.25, -0.2) is 0 Å². The summed E-state index contributed by atoms with van der Waals surface area (Å²) in [6, 6.07) is 13.4. The maximum Gasteiger partial charge on any atom is 0.108 e. The average Bonchev–Trinajstić information content (AvgIpc) is 2.39. The Morgan fingerprint density at radius 3 is 2.67 bits per heavy atom. The topological polar surface area (TPSA) is 24.4 Å². The van der Waals surface area contributed by atoms with Crippen LogP contribution in [0.3, 0.4) is 0 Å². The lowest BCUT2D eigenvalue weighted by atomic mass is 9.99. The smallest absolute Gasteiger partial charge is 0.108 e. The lowest BCUT2D eigenvalue weighted by Crippen LogP contribution is -2.16. The Hall–Kier alpha value is -1.51. The van der Waals surface area contributed by atoms with Gasteiger partial charge in [0.2, 0.25) is 0 Å². The summed E-state index contributed by atoms with van der Waals surface area (Å²) in [5.74, 6) is 0. The van der Waals surface area contributed by atoms with E-state index in [-0.39, 0.29) is 0 Å². The molecule has 18 heavy (non-hydrogen) atoms. The summed E-state index contributed by atoms with van der Waals surface area (Å²) in [6.45, 7) is 0.551. The van der Waals surface area contributed by atoms with Gasteiger partial charge in [-0.3, -0.25) is 4.99 Å². The molecule has 1 aliphatic rings. The summed E-state index contributed by atoms with van der Waals surface area (Å²) in [4.78, 5) is 4.51. The van der Waals surface area contributed by atoms with E-state index >= 15 is 0 Å². The van der Waals surface area contributed by atoms with Gasteiger partial charge in [-0.15, -0.1) is 0 Å². The molecule has 0 radical (unpaired) electrons. The van der Waals surface area contributed by atoms with Gasteiger partial charge in [0.1, 0.15) is 6.67 Å². The molecule has 2 aromatic rings. The van der Waals surface area contributed by atoms with Crippen LogP contribution in [0.1, 0.15) is 11.1 Å². The molecule has 0 atom stereocenters. The van der Waals surface area contributed by atoms with Crippen LogP contribution in [-0.4, -0.2) is 12.4 Å². The first kappa shape index (κ1) is 11.6. The van der Waals surface area contributed by atoms with Crippen molar-refractivity contribution in [1.82, 2.24) is 0 Å². The van der Waals surface area contributed by atoms with Crippen molar-refractivity contribution < 1.29 is 0 Å². The maximum atomic E-state index is 6.23. The van der Waals surface area contributed by atoms with E-state index in [4.69, 9.17) is 23.2 Å². The van der Waals surface area contributed by atoms with E-state index in [0.717, 1.165) is 22.5 Å². The highest BCUT2D eigenvalue weighted by Gasteiger charge is 2.17. The Bertz CT molecular complexity index is 635. The third kappa shape index (κ3) is 1.98. The number of benzene rings is 2. The molecule has 0 unspecified atom stereocenters. The second-order valence-corrected chi connectivity index (χ2v) is 4.85. The number of aliphatic imine (C=N–C) groups is 1. The molecule has 0 spiro atoms. The molecule has 0 saturated heterocycles. The Morgan fingerprint density at radius 2 is 1.83 bits per heavy atom. The summed E-state index contributed by atoms with van der Waals surface area (Å²) in [5, 5.41) is 4.61. The molecular weight excluding hydrogens is 267 g/mol. The summed E-state index contributed by atoms with van der Waals surface area (Å²) in [7, 11) is 0. The highest BCUT2D eigenvalue weighted by atomic mass is 35.5. The van der Waals surface area contributed by atoms with Gasteiger partial charge in [0.05, 0.1) is 5.71 Å². The molecule has 3 rings (SSSR count). The Balaban J connectivity index is 2.18. The van der Waals surface area contributed by atoms with Crippen LogP contribution in [0.15, 0.2) is 47.5 Å². The fourth-order valence-electron chi connectivity index (χ4n) is 2.04. The molecule has 0 aromatic heterocycles. The van der Waals surface area contributed by atoms with Gasteiger partial charge in [0.25, 0.3) is 0 Å². The van der Waals surface area contributed by atoms with Crippen LogP contribution in [-0.2, 0) is 0 Å². The summed E-state index contributed by atoms with van der Waals surface area (Å²) in [6.07, 6.45) is 0. The van der Waals surface area contributed by atoms with Crippen LogP contribution in [0.5, 0.6) is 0 Å². The van der Waals surface area contributed by atoms with Crippen LogP contribution in [0.2, 0.25) is 10.0 Å². The van der Waals surface area contributed by atoms with Gasteiger partial charge >= 0.3 is 0 Å². The van der Waals surface area contributed by atoms with Gasteiger partial charge in [-0.2, -0.15) is 0 Å². The first-order valence-corrected chi connectivity index (χ1v) is 6.34. The van der Waals surface area contributed by atoms with Gasteiger partial charge in [0, 0.05) is 26.9 Å². The minimum atomic E-state index is 0.551. The van der Waals surface area contributed by atoms with E-state index in [1.807, 2.05) is 42.5 Å². The van der Waals surface area contributed by atoms with Crippen molar-refractivity contribution >= 4 is 34.6 Å². The van der Waals surface area contributed by atoms with E-state index < -0.39 is 0 Å². The van der Waals surface area contributed by atoms with Crippen molar-refractivity contribution in [2.75, 3.05) is 12.0 Å². The molecule has 0 bridgehead atoms. The predicted molar refractivity (Wildman–Crippen MR) is 77.0 cm³/mol. The number of hydrogen-bond acceptors (Lipinski definition) is 2. The quantitative estimate of drug-likeness (QED) is 0.829. The lowest BCUT2D eigenvalue weighted by molar-refractivity contribution is 1.11. The minimum Gasteiger partial charge on any atom is -0.366 e. The van der Waals surface area contributed by atoms with Crippen LogP contribution in [0.25, 0.3) is 0 Å². The zero-order valence-electron chi connectivity index (χ0n) is 9.45.